The van der Waals surface area contributed by atoms with Crippen molar-refractivity contribution >= 4 is 17.1 Å². The Morgan fingerprint density at radius 3 is 2.34 bits per heavy atom. The number of fused-ring (bicyclic) bond motifs is 1. The Morgan fingerprint density at radius 1 is 0.931 bits per heavy atom. The van der Waals surface area contributed by atoms with Gasteiger partial charge in [-0.15, -0.1) is 0 Å². The first-order valence-electron chi connectivity index (χ1n) is 10.6. The fourth-order valence-corrected chi connectivity index (χ4v) is 4.23. The van der Waals surface area contributed by atoms with Gasteiger partial charge < -0.3 is 5.32 Å². The Hall–Kier alpha value is -2.87. The summed E-state index contributed by atoms with van der Waals surface area (Å²) in [6, 6.07) is 14.9. The lowest BCUT2D eigenvalue weighted by Gasteiger charge is -2.19. The lowest BCUT2D eigenvalue weighted by Crippen LogP contribution is -2.27. The number of hydrogen-bond donors (Lipinski definition) is 1. The van der Waals surface area contributed by atoms with Gasteiger partial charge in [0.05, 0.1) is 5.41 Å². The molecular formula is C27H33N2+. The first kappa shape index (κ1) is 20.9. The zero-order chi connectivity index (χ0) is 20.9. The average molecular weight is 386 g/mol. The predicted octanol–water partition coefficient (Wildman–Crippen LogP) is 6.56. The second-order valence-electron chi connectivity index (χ2n) is 8.04. The summed E-state index contributed by atoms with van der Waals surface area (Å²) in [5, 5.41) is 3.26. The zero-order valence-corrected chi connectivity index (χ0v) is 18.4. The van der Waals surface area contributed by atoms with Gasteiger partial charge >= 0.3 is 0 Å². The van der Waals surface area contributed by atoms with Crippen molar-refractivity contribution in [1.82, 2.24) is 0 Å². The van der Waals surface area contributed by atoms with Crippen LogP contribution < -0.4 is 5.32 Å². The SMILES string of the molecule is CCc1cc(CC)c2c(c1)[N+](C)=C(C=CC=CC=CNc1ccccc1)C2(C)C. The molecule has 0 spiro atoms. The molecule has 1 aliphatic rings. The van der Waals surface area contributed by atoms with Crippen LogP contribution in [0.15, 0.2) is 79.0 Å². The molecule has 0 saturated carbocycles. The van der Waals surface area contributed by atoms with E-state index >= 15 is 0 Å². The molecule has 1 heterocycles. The van der Waals surface area contributed by atoms with E-state index in [1.165, 1.54) is 28.1 Å². The lowest BCUT2D eigenvalue weighted by atomic mass is 9.78. The minimum Gasteiger partial charge on any atom is -0.362 e. The van der Waals surface area contributed by atoms with Crippen LogP contribution >= 0.6 is 0 Å². The molecule has 1 aliphatic heterocycles. The van der Waals surface area contributed by atoms with Gasteiger partial charge in [0.2, 0.25) is 5.69 Å². The van der Waals surface area contributed by atoms with Crippen LogP contribution in [0.3, 0.4) is 0 Å². The molecule has 2 aromatic rings. The van der Waals surface area contributed by atoms with Crippen LogP contribution in [0.2, 0.25) is 0 Å². The molecule has 29 heavy (non-hydrogen) atoms. The van der Waals surface area contributed by atoms with E-state index in [1.54, 1.807) is 0 Å². The number of nitrogens with one attached hydrogen (secondary N) is 1. The number of anilines is 1. The van der Waals surface area contributed by atoms with Gasteiger partial charge in [-0.3, -0.25) is 0 Å². The third-order valence-corrected chi connectivity index (χ3v) is 5.74. The molecule has 0 unspecified atom stereocenters. The quantitative estimate of drug-likeness (QED) is 0.421. The second kappa shape index (κ2) is 9.09. The minimum absolute atomic E-state index is 0.0107. The highest BCUT2D eigenvalue weighted by molar-refractivity contribution is 6.03. The van der Waals surface area contributed by atoms with Crippen molar-refractivity contribution in [3.63, 3.8) is 0 Å². The lowest BCUT2D eigenvalue weighted by molar-refractivity contribution is -0.401. The molecule has 1 N–H and O–H groups in total. The fourth-order valence-electron chi connectivity index (χ4n) is 4.23. The Kier molecular flexibility index (Phi) is 6.53. The van der Waals surface area contributed by atoms with E-state index in [-0.39, 0.29) is 5.41 Å². The van der Waals surface area contributed by atoms with E-state index in [4.69, 9.17) is 0 Å². The summed E-state index contributed by atoms with van der Waals surface area (Å²) in [4.78, 5) is 0. The van der Waals surface area contributed by atoms with Crippen molar-refractivity contribution in [1.29, 1.82) is 0 Å². The van der Waals surface area contributed by atoms with E-state index in [1.807, 2.05) is 30.5 Å². The third-order valence-electron chi connectivity index (χ3n) is 5.74. The van der Waals surface area contributed by atoms with Crippen molar-refractivity contribution in [2.75, 3.05) is 12.4 Å². The molecule has 2 nitrogen and oxygen atoms in total. The van der Waals surface area contributed by atoms with Crippen LogP contribution in [0.5, 0.6) is 0 Å². The highest BCUT2D eigenvalue weighted by Gasteiger charge is 2.44. The molecule has 0 amide bonds. The predicted molar refractivity (Wildman–Crippen MR) is 127 cm³/mol. The smallest absolute Gasteiger partial charge is 0.210 e. The monoisotopic (exact) mass is 385 g/mol. The van der Waals surface area contributed by atoms with Gasteiger partial charge in [-0.05, 0) is 56.0 Å². The van der Waals surface area contributed by atoms with Crippen molar-refractivity contribution in [3.05, 3.63) is 95.7 Å². The minimum atomic E-state index is 0.0107. The second-order valence-corrected chi connectivity index (χ2v) is 8.04. The van der Waals surface area contributed by atoms with Crippen LogP contribution in [0.25, 0.3) is 0 Å². The number of rotatable bonds is 7. The molecule has 0 aliphatic carbocycles. The molecule has 3 rings (SSSR count). The van der Waals surface area contributed by atoms with E-state index in [9.17, 15) is 0 Å². The molecule has 0 radical (unpaired) electrons. The normalized spacial score (nSPS) is 15.8. The summed E-state index contributed by atoms with van der Waals surface area (Å²) in [7, 11) is 2.19. The van der Waals surface area contributed by atoms with Gasteiger partial charge in [0, 0.05) is 29.6 Å². The summed E-state index contributed by atoms with van der Waals surface area (Å²) in [5.41, 5.74) is 8.18. The Labute approximate surface area is 176 Å². The zero-order valence-electron chi connectivity index (χ0n) is 18.4. The summed E-state index contributed by atoms with van der Waals surface area (Å²) in [6.45, 7) is 9.18. The van der Waals surface area contributed by atoms with Gasteiger partial charge in [-0.1, -0.05) is 56.3 Å². The summed E-state index contributed by atoms with van der Waals surface area (Å²) < 4.78 is 2.37. The summed E-state index contributed by atoms with van der Waals surface area (Å²) in [5.74, 6) is 0. The standard InChI is InChI=1S/C27H32N2/c1-6-21-19-22(7-2)26-24(20-21)29(5)25(27(26,3)4)17-13-8-9-14-18-28-23-15-11-10-12-16-23/h8-20H,6-7H2,1-5H3/p+1. The molecule has 0 aromatic heterocycles. The van der Waals surface area contributed by atoms with E-state index in [2.05, 4.69) is 93.2 Å². The highest BCUT2D eigenvalue weighted by atomic mass is 15.0. The van der Waals surface area contributed by atoms with Gasteiger partial charge in [-0.25, -0.2) is 0 Å². The Balaban J connectivity index is 1.75. The molecular weight excluding hydrogens is 352 g/mol. The first-order valence-corrected chi connectivity index (χ1v) is 10.6. The van der Waals surface area contributed by atoms with E-state index < -0.39 is 0 Å². The van der Waals surface area contributed by atoms with Crippen molar-refractivity contribution in [3.8, 4) is 0 Å². The number of para-hydroxylation sites is 1. The molecule has 0 fully saturated rings. The first-order chi connectivity index (χ1) is 14.0. The number of hydrogen-bond acceptors (Lipinski definition) is 1. The van der Waals surface area contributed by atoms with Gasteiger partial charge in [0.15, 0.2) is 5.71 Å². The molecule has 0 bridgehead atoms. The summed E-state index contributed by atoms with van der Waals surface area (Å²) >= 11 is 0. The van der Waals surface area contributed by atoms with Crippen LogP contribution in [-0.4, -0.2) is 17.3 Å². The number of benzene rings is 2. The molecule has 0 atom stereocenters. The molecule has 2 aromatic carbocycles. The van der Waals surface area contributed by atoms with Crippen molar-refractivity contribution in [2.45, 2.75) is 46.0 Å². The van der Waals surface area contributed by atoms with Crippen LogP contribution in [0.1, 0.15) is 44.4 Å². The van der Waals surface area contributed by atoms with Gasteiger partial charge in [0.25, 0.3) is 0 Å². The van der Waals surface area contributed by atoms with Gasteiger partial charge in [-0.2, -0.15) is 4.58 Å². The molecule has 0 saturated heterocycles. The number of aryl methyl sites for hydroxylation is 2. The maximum atomic E-state index is 3.26. The fraction of sp³-hybridized carbons (Fsp3) is 0.296. The average Bonchev–Trinajstić information content (AvgIpc) is 2.93. The Morgan fingerprint density at radius 2 is 1.66 bits per heavy atom. The van der Waals surface area contributed by atoms with E-state index in [0.717, 1.165) is 18.5 Å². The highest BCUT2D eigenvalue weighted by Crippen LogP contribution is 2.42. The van der Waals surface area contributed by atoms with Crippen molar-refractivity contribution < 1.29 is 4.58 Å². The number of allylic oxidation sites excluding steroid dienone is 5. The molecule has 150 valence electrons. The van der Waals surface area contributed by atoms with Crippen molar-refractivity contribution in [2.24, 2.45) is 0 Å². The number of nitrogens with zero attached hydrogens (tertiary/aromatic N) is 1. The third kappa shape index (κ3) is 4.42. The molecule has 2 heteroatoms. The maximum Gasteiger partial charge on any atom is 0.210 e. The largest absolute Gasteiger partial charge is 0.362 e. The Bertz CT molecular complexity index is 973. The van der Waals surface area contributed by atoms with E-state index in [0.29, 0.717) is 0 Å². The summed E-state index contributed by atoms with van der Waals surface area (Å²) in [6.07, 6.45) is 14.6. The van der Waals surface area contributed by atoms with Gasteiger partial charge in [0.1, 0.15) is 7.05 Å². The topological polar surface area (TPSA) is 15.0 Å². The van der Waals surface area contributed by atoms with Crippen LogP contribution in [0, 0.1) is 0 Å². The van der Waals surface area contributed by atoms with Crippen LogP contribution in [-0.2, 0) is 18.3 Å². The van der Waals surface area contributed by atoms with Crippen LogP contribution in [0.4, 0.5) is 11.4 Å². The maximum absolute atomic E-state index is 3.26.